The number of thioether (sulfide) groups is 1. The van der Waals surface area contributed by atoms with Crippen LogP contribution in [0.4, 0.5) is 0 Å². The summed E-state index contributed by atoms with van der Waals surface area (Å²) in [4.78, 5) is 20.1. The zero-order chi connectivity index (χ0) is 16.9. The van der Waals surface area contributed by atoms with Gasteiger partial charge >= 0.3 is 5.97 Å². The van der Waals surface area contributed by atoms with Crippen LogP contribution in [-0.2, 0) is 9.53 Å². The fourth-order valence-electron chi connectivity index (χ4n) is 2.36. The van der Waals surface area contributed by atoms with E-state index in [-0.39, 0.29) is 5.97 Å². The Balaban J connectivity index is 1.90. The Labute approximate surface area is 144 Å². The van der Waals surface area contributed by atoms with Crippen LogP contribution < -0.4 is 4.74 Å². The number of aromatic amines is 1. The lowest BCUT2D eigenvalue weighted by Gasteiger charge is -2.14. The molecule has 5 nitrogen and oxygen atoms in total. The predicted octanol–water partition coefficient (Wildman–Crippen LogP) is 3.97. The smallest absolute Gasteiger partial charge is 0.324 e. The largest absolute Gasteiger partial charge is 0.497 e. The molecular formula is C18H18N2O3S. The van der Waals surface area contributed by atoms with Crippen molar-refractivity contribution in [2.75, 3.05) is 13.7 Å². The number of nitrogens with one attached hydrogen (secondary N) is 1. The maximum absolute atomic E-state index is 12.4. The van der Waals surface area contributed by atoms with E-state index in [1.165, 1.54) is 11.8 Å². The van der Waals surface area contributed by atoms with Gasteiger partial charge in [0.05, 0.1) is 24.8 Å². The van der Waals surface area contributed by atoms with Crippen LogP contribution in [0.5, 0.6) is 5.75 Å². The number of hydrogen-bond acceptors (Lipinski definition) is 5. The molecule has 0 amide bonds. The third-order valence-corrected chi connectivity index (χ3v) is 4.62. The third-order valence-electron chi connectivity index (χ3n) is 3.50. The van der Waals surface area contributed by atoms with Crippen molar-refractivity contribution in [2.24, 2.45) is 0 Å². The molecule has 0 saturated carbocycles. The molecule has 1 atom stereocenters. The molecule has 0 radical (unpaired) electrons. The molecule has 2 aromatic carbocycles. The van der Waals surface area contributed by atoms with Crippen LogP contribution in [-0.4, -0.2) is 29.7 Å². The van der Waals surface area contributed by atoms with Crippen LogP contribution >= 0.6 is 11.8 Å². The van der Waals surface area contributed by atoms with Gasteiger partial charge < -0.3 is 14.5 Å². The van der Waals surface area contributed by atoms with Gasteiger partial charge in [-0.2, -0.15) is 0 Å². The summed E-state index contributed by atoms with van der Waals surface area (Å²) in [5.41, 5.74) is 2.58. The van der Waals surface area contributed by atoms with E-state index in [9.17, 15) is 4.79 Å². The maximum Gasteiger partial charge on any atom is 0.324 e. The monoisotopic (exact) mass is 342 g/mol. The van der Waals surface area contributed by atoms with Crippen molar-refractivity contribution in [3.63, 3.8) is 0 Å². The van der Waals surface area contributed by atoms with Crippen LogP contribution in [0, 0.1) is 0 Å². The summed E-state index contributed by atoms with van der Waals surface area (Å²) in [6.45, 7) is 2.15. The van der Waals surface area contributed by atoms with Gasteiger partial charge in [0.2, 0.25) is 0 Å². The lowest BCUT2D eigenvalue weighted by atomic mass is 10.1. The number of carbonyl (C=O) groups excluding carboxylic acids is 1. The van der Waals surface area contributed by atoms with Crippen molar-refractivity contribution in [3.8, 4) is 5.75 Å². The molecule has 24 heavy (non-hydrogen) atoms. The van der Waals surface area contributed by atoms with Gasteiger partial charge in [0.1, 0.15) is 11.0 Å². The summed E-state index contributed by atoms with van der Waals surface area (Å²) in [6, 6.07) is 15.2. The molecule has 1 heterocycles. The van der Waals surface area contributed by atoms with Gasteiger partial charge in [0, 0.05) is 6.07 Å². The number of esters is 1. The number of carbonyl (C=O) groups is 1. The molecule has 0 saturated heterocycles. The van der Waals surface area contributed by atoms with Crippen molar-refractivity contribution >= 4 is 28.8 Å². The van der Waals surface area contributed by atoms with Gasteiger partial charge in [-0.3, -0.25) is 4.79 Å². The van der Waals surface area contributed by atoms with Gasteiger partial charge in [-0.1, -0.05) is 42.1 Å². The van der Waals surface area contributed by atoms with Crippen LogP contribution in [0.2, 0.25) is 0 Å². The van der Waals surface area contributed by atoms with E-state index in [4.69, 9.17) is 9.47 Å². The first-order chi connectivity index (χ1) is 11.7. The van der Waals surface area contributed by atoms with E-state index in [2.05, 4.69) is 9.97 Å². The summed E-state index contributed by atoms with van der Waals surface area (Å²) in [6.07, 6.45) is 0. The van der Waals surface area contributed by atoms with Gasteiger partial charge in [-0.15, -0.1) is 0 Å². The number of hydrogen-bond donors (Lipinski definition) is 1. The molecule has 0 bridgehead atoms. The summed E-state index contributed by atoms with van der Waals surface area (Å²) < 4.78 is 10.4. The Morgan fingerprint density at radius 3 is 2.75 bits per heavy atom. The zero-order valence-corrected chi connectivity index (χ0v) is 14.3. The van der Waals surface area contributed by atoms with Crippen molar-refractivity contribution in [3.05, 3.63) is 54.1 Å². The van der Waals surface area contributed by atoms with Crippen molar-refractivity contribution in [2.45, 2.75) is 17.3 Å². The predicted molar refractivity (Wildman–Crippen MR) is 94.3 cm³/mol. The standard InChI is InChI=1S/C18H18N2O3S/c1-3-23-17(21)16(12-7-5-4-6-8-12)24-18-19-14-10-9-13(22-2)11-15(14)20-18/h4-11,16H,3H2,1-2H3,(H,19,20). The average Bonchev–Trinajstić information content (AvgIpc) is 3.02. The minimum absolute atomic E-state index is 0.272. The molecule has 0 aliphatic heterocycles. The second kappa shape index (κ2) is 7.40. The highest BCUT2D eigenvalue weighted by Crippen LogP contribution is 2.36. The molecule has 3 aromatic rings. The Morgan fingerprint density at radius 2 is 2.04 bits per heavy atom. The first-order valence-electron chi connectivity index (χ1n) is 7.63. The first kappa shape index (κ1) is 16.4. The van der Waals surface area contributed by atoms with E-state index >= 15 is 0 Å². The fraction of sp³-hybridized carbons (Fsp3) is 0.222. The minimum Gasteiger partial charge on any atom is -0.497 e. The topological polar surface area (TPSA) is 64.2 Å². The highest BCUT2D eigenvalue weighted by Gasteiger charge is 2.24. The number of rotatable bonds is 6. The fourth-order valence-corrected chi connectivity index (χ4v) is 3.36. The van der Waals surface area contributed by atoms with Gasteiger partial charge in [0.15, 0.2) is 5.16 Å². The van der Waals surface area contributed by atoms with Crippen LogP contribution in [0.25, 0.3) is 11.0 Å². The molecule has 0 aliphatic carbocycles. The highest BCUT2D eigenvalue weighted by atomic mass is 32.2. The molecule has 6 heteroatoms. The summed E-state index contributed by atoms with van der Waals surface area (Å²) in [7, 11) is 1.62. The van der Waals surface area contributed by atoms with E-state index in [0.29, 0.717) is 11.8 Å². The zero-order valence-electron chi connectivity index (χ0n) is 13.5. The highest BCUT2D eigenvalue weighted by molar-refractivity contribution is 8.00. The van der Waals surface area contributed by atoms with Gasteiger partial charge in [0.25, 0.3) is 0 Å². The molecule has 124 valence electrons. The number of H-pyrrole nitrogens is 1. The molecule has 0 fully saturated rings. The number of imidazole rings is 1. The number of nitrogens with zero attached hydrogens (tertiary/aromatic N) is 1. The van der Waals surface area contributed by atoms with Crippen LogP contribution in [0.15, 0.2) is 53.7 Å². The van der Waals surface area contributed by atoms with Gasteiger partial charge in [-0.25, -0.2) is 4.98 Å². The Kier molecular flexibility index (Phi) is 5.05. The van der Waals surface area contributed by atoms with Crippen LogP contribution in [0.1, 0.15) is 17.7 Å². The molecule has 3 rings (SSSR count). The number of ether oxygens (including phenoxy) is 2. The van der Waals surface area contributed by atoms with E-state index < -0.39 is 5.25 Å². The van der Waals surface area contributed by atoms with E-state index in [0.717, 1.165) is 22.3 Å². The molecule has 1 N–H and O–H groups in total. The second-order valence-corrected chi connectivity index (χ2v) is 6.18. The Bertz CT molecular complexity index is 833. The van der Waals surface area contributed by atoms with Gasteiger partial charge in [-0.05, 0) is 24.6 Å². The number of methoxy groups -OCH3 is 1. The minimum atomic E-state index is -0.464. The van der Waals surface area contributed by atoms with E-state index in [1.54, 1.807) is 14.0 Å². The first-order valence-corrected chi connectivity index (χ1v) is 8.51. The number of fused-ring (bicyclic) bond motifs is 1. The molecule has 0 spiro atoms. The SMILES string of the molecule is CCOC(=O)C(Sc1nc2ccc(OC)cc2[nH]1)c1ccccc1. The summed E-state index contributed by atoms with van der Waals surface area (Å²) in [5.74, 6) is 0.486. The number of aromatic nitrogens is 2. The van der Waals surface area contributed by atoms with Crippen molar-refractivity contribution in [1.82, 2.24) is 9.97 Å². The molecule has 1 aromatic heterocycles. The van der Waals surface area contributed by atoms with Crippen LogP contribution in [0.3, 0.4) is 0 Å². The maximum atomic E-state index is 12.4. The Hall–Kier alpha value is -2.47. The third kappa shape index (κ3) is 3.54. The molecule has 1 unspecified atom stereocenters. The lowest BCUT2D eigenvalue weighted by Crippen LogP contribution is -2.13. The number of benzene rings is 2. The second-order valence-electron chi connectivity index (χ2n) is 5.09. The molecular weight excluding hydrogens is 324 g/mol. The lowest BCUT2D eigenvalue weighted by molar-refractivity contribution is -0.142. The average molecular weight is 342 g/mol. The Morgan fingerprint density at radius 1 is 1.25 bits per heavy atom. The quantitative estimate of drug-likeness (QED) is 0.542. The normalized spacial score (nSPS) is 12.1. The van der Waals surface area contributed by atoms with E-state index in [1.807, 2.05) is 48.5 Å². The van der Waals surface area contributed by atoms with Crippen molar-refractivity contribution in [1.29, 1.82) is 0 Å². The van der Waals surface area contributed by atoms with Crippen molar-refractivity contribution < 1.29 is 14.3 Å². The summed E-state index contributed by atoms with van der Waals surface area (Å²) in [5, 5.41) is 0.203. The summed E-state index contributed by atoms with van der Waals surface area (Å²) >= 11 is 1.35. The molecule has 0 aliphatic rings.